The van der Waals surface area contributed by atoms with Gasteiger partial charge in [0.25, 0.3) is 5.91 Å². The topological polar surface area (TPSA) is 65.4 Å². The summed E-state index contributed by atoms with van der Waals surface area (Å²) in [6.07, 6.45) is 2.45. The molecular weight excluding hydrogens is 438 g/mol. The molecule has 0 unspecified atom stereocenters. The van der Waals surface area contributed by atoms with E-state index in [0.29, 0.717) is 24.5 Å². The van der Waals surface area contributed by atoms with Crippen molar-refractivity contribution in [2.75, 3.05) is 20.3 Å². The summed E-state index contributed by atoms with van der Waals surface area (Å²) in [7, 11) is 1.57. The van der Waals surface area contributed by atoms with Crippen LogP contribution < -0.4 is 14.8 Å². The fourth-order valence-corrected chi connectivity index (χ4v) is 4.23. The molecule has 0 aliphatic carbocycles. The summed E-state index contributed by atoms with van der Waals surface area (Å²) in [5.74, 6) is 2.44. The summed E-state index contributed by atoms with van der Waals surface area (Å²) in [6, 6.07) is 21.6. The Kier molecular flexibility index (Phi) is 8.03. The summed E-state index contributed by atoms with van der Waals surface area (Å²) < 4.78 is 13.6. The van der Waals surface area contributed by atoms with Gasteiger partial charge in [-0.25, -0.2) is 4.98 Å². The molecule has 0 fully saturated rings. The van der Waals surface area contributed by atoms with Gasteiger partial charge in [0.2, 0.25) is 0 Å². The summed E-state index contributed by atoms with van der Waals surface area (Å²) >= 11 is 0. The lowest BCUT2D eigenvalue weighted by molar-refractivity contribution is 0.0950. The predicted molar refractivity (Wildman–Crippen MR) is 139 cm³/mol. The van der Waals surface area contributed by atoms with Gasteiger partial charge in [-0.2, -0.15) is 0 Å². The molecular formula is C29H33N3O3. The summed E-state index contributed by atoms with van der Waals surface area (Å²) in [4.78, 5) is 17.4. The number of carbonyl (C=O) groups is 1. The number of nitrogens with zero attached hydrogens (tertiary/aromatic N) is 2. The molecule has 6 heteroatoms. The van der Waals surface area contributed by atoms with E-state index < -0.39 is 0 Å². The van der Waals surface area contributed by atoms with Gasteiger partial charge in [-0.15, -0.1) is 0 Å². The number of hydrogen-bond donors (Lipinski definition) is 1. The van der Waals surface area contributed by atoms with Crippen LogP contribution >= 0.6 is 0 Å². The number of aromatic nitrogens is 2. The van der Waals surface area contributed by atoms with Crippen molar-refractivity contribution in [3.63, 3.8) is 0 Å². The van der Waals surface area contributed by atoms with Crippen molar-refractivity contribution < 1.29 is 14.3 Å². The molecule has 0 aliphatic rings. The molecule has 1 N–H and O–H groups in total. The van der Waals surface area contributed by atoms with Crippen molar-refractivity contribution in [1.82, 2.24) is 14.9 Å². The van der Waals surface area contributed by atoms with Crippen LogP contribution in [0.25, 0.3) is 11.0 Å². The number of imidazole rings is 1. The van der Waals surface area contributed by atoms with Crippen molar-refractivity contribution in [2.45, 2.75) is 39.7 Å². The molecule has 0 aliphatic heterocycles. The molecule has 0 saturated carbocycles. The lowest BCUT2D eigenvalue weighted by Gasteiger charge is -2.13. The fraction of sp³-hybridized carbons (Fsp3) is 0.310. The van der Waals surface area contributed by atoms with Crippen LogP contribution in [-0.2, 0) is 13.0 Å². The number of fused-ring (bicyclic) bond motifs is 1. The SMILES string of the molecule is COc1ccccc1C(=O)NCCCc1nc2ccccc2n1CCCOc1cccc(C)c1C. The first-order chi connectivity index (χ1) is 17.1. The van der Waals surface area contributed by atoms with Gasteiger partial charge in [0, 0.05) is 19.5 Å². The second-order valence-electron chi connectivity index (χ2n) is 8.63. The van der Waals surface area contributed by atoms with Gasteiger partial charge in [0.05, 0.1) is 30.3 Å². The van der Waals surface area contributed by atoms with Crippen LogP contribution in [0.15, 0.2) is 66.7 Å². The van der Waals surface area contributed by atoms with Crippen LogP contribution in [0, 0.1) is 13.8 Å². The van der Waals surface area contributed by atoms with Gasteiger partial charge in [-0.05, 0) is 68.1 Å². The fourth-order valence-electron chi connectivity index (χ4n) is 4.23. The Hall–Kier alpha value is -3.80. The highest BCUT2D eigenvalue weighted by atomic mass is 16.5. The van der Waals surface area contributed by atoms with Crippen LogP contribution in [-0.4, -0.2) is 35.7 Å². The summed E-state index contributed by atoms with van der Waals surface area (Å²) in [5, 5.41) is 3.00. The quantitative estimate of drug-likeness (QED) is 0.294. The largest absolute Gasteiger partial charge is 0.496 e. The minimum atomic E-state index is -0.125. The van der Waals surface area contributed by atoms with Crippen LogP contribution in [0.5, 0.6) is 11.5 Å². The lowest BCUT2D eigenvalue weighted by atomic mass is 10.1. The number of amides is 1. The maximum Gasteiger partial charge on any atom is 0.255 e. The number of methoxy groups -OCH3 is 1. The minimum Gasteiger partial charge on any atom is -0.496 e. The lowest BCUT2D eigenvalue weighted by Crippen LogP contribution is -2.25. The highest BCUT2D eigenvalue weighted by Crippen LogP contribution is 2.22. The standard InChI is InChI=1S/C29H33N3O3/c1-21-11-8-16-26(22(21)2)35-20-10-19-32-25-14-6-5-13-24(25)31-28(32)17-9-18-30-29(33)23-12-4-7-15-27(23)34-3/h4-8,11-16H,9-10,17-20H2,1-3H3,(H,30,33). The maximum atomic E-state index is 12.6. The number of para-hydroxylation sites is 3. The van der Waals surface area contributed by atoms with Crippen molar-refractivity contribution in [3.05, 3.63) is 89.2 Å². The van der Waals surface area contributed by atoms with Crippen molar-refractivity contribution in [1.29, 1.82) is 0 Å². The van der Waals surface area contributed by atoms with Gasteiger partial charge in [0.15, 0.2) is 0 Å². The Bertz CT molecular complexity index is 1300. The van der Waals surface area contributed by atoms with Gasteiger partial charge in [-0.3, -0.25) is 4.79 Å². The zero-order chi connectivity index (χ0) is 24.6. The van der Waals surface area contributed by atoms with E-state index in [1.807, 2.05) is 42.5 Å². The molecule has 182 valence electrons. The number of ether oxygens (including phenoxy) is 2. The number of hydrogen-bond acceptors (Lipinski definition) is 4. The van der Waals surface area contributed by atoms with Crippen LogP contribution in [0.2, 0.25) is 0 Å². The second-order valence-corrected chi connectivity index (χ2v) is 8.63. The highest BCUT2D eigenvalue weighted by molar-refractivity contribution is 5.96. The molecule has 4 rings (SSSR count). The van der Waals surface area contributed by atoms with Crippen LogP contribution in [0.4, 0.5) is 0 Å². The van der Waals surface area contributed by atoms with Crippen molar-refractivity contribution in [3.8, 4) is 11.5 Å². The smallest absolute Gasteiger partial charge is 0.255 e. The Balaban J connectivity index is 1.35. The van der Waals surface area contributed by atoms with E-state index in [1.54, 1.807) is 19.2 Å². The number of carbonyl (C=O) groups excluding carboxylic acids is 1. The zero-order valence-electron chi connectivity index (χ0n) is 20.7. The molecule has 0 bridgehead atoms. The van der Waals surface area contributed by atoms with E-state index >= 15 is 0 Å². The Morgan fingerprint density at radius 1 is 0.943 bits per heavy atom. The minimum absolute atomic E-state index is 0.125. The first kappa shape index (κ1) is 24.3. The molecule has 1 heterocycles. The van der Waals surface area contributed by atoms with E-state index in [9.17, 15) is 4.79 Å². The average Bonchev–Trinajstić information content (AvgIpc) is 3.24. The van der Waals surface area contributed by atoms with Gasteiger partial charge in [-0.1, -0.05) is 36.4 Å². The highest BCUT2D eigenvalue weighted by Gasteiger charge is 2.13. The third kappa shape index (κ3) is 5.83. The van der Waals surface area contributed by atoms with Gasteiger partial charge < -0.3 is 19.4 Å². The molecule has 0 atom stereocenters. The Morgan fingerprint density at radius 2 is 1.71 bits per heavy atom. The van der Waals surface area contributed by atoms with Gasteiger partial charge >= 0.3 is 0 Å². The number of aryl methyl sites for hydroxylation is 3. The van der Waals surface area contributed by atoms with E-state index in [1.165, 1.54) is 11.1 Å². The first-order valence-electron chi connectivity index (χ1n) is 12.1. The van der Waals surface area contributed by atoms with E-state index in [-0.39, 0.29) is 5.91 Å². The molecule has 1 amide bonds. The predicted octanol–water partition coefficient (Wildman–Crippen LogP) is 5.49. The number of rotatable bonds is 11. The molecule has 4 aromatic rings. The second kappa shape index (κ2) is 11.6. The Labute approximate surface area is 206 Å². The van der Waals surface area contributed by atoms with Crippen LogP contribution in [0.1, 0.15) is 40.2 Å². The molecule has 0 radical (unpaired) electrons. The molecule has 0 spiro atoms. The average molecular weight is 472 g/mol. The molecule has 35 heavy (non-hydrogen) atoms. The molecule has 1 aromatic heterocycles. The van der Waals surface area contributed by atoms with Gasteiger partial charge in [0.1, 0.15) is 17.3 Å². The first-order valence-corrected chi connectivity index (χ1v) is 12.1. The monoisotopic (exact) mass is 471 g/mol. The molecule has 3 aromatic carbocycles. The summed E-state index contributed by atoms with van der Waals surface area (Å²) in [6.45, 7) is 6.24. The van der Waals surface area contributed by atoms with E-state index in [2.05, 4.69) is 35.9 Å². The third-order valence-corrected chi connectivity index (χ3v) is 6.29. The van der Waals surface area contributed by atoms with Crippen molar-refractivity contribution >= 4 is 16.9 Å². The molecule has 0 saturated heterocycles. The van der Waals surface area contributed by atoms with Crippen molar-refractivity contribution in [2.24, 2.45) is 0 Å². The normalized spacial score (nSPS) is 10.9. The summed E-state index contributed by atoms with van der Waals surface area (Å²) in [5.41, 5.74) is 5.11. The molecule has 6 nitrogen and oxygen atoms in total. The van der Waals surface area contributed by atoms with E-state index in [0.717, 1.165) is 48.4 Å². The number of benzene rings is 3. The zero-order valence-corrected chi connectivity index (χ0v) is 20.7. The third-order valence-electron chi connectivity index (χ3n) is 6.29. The Morgan fingerprint density at radius 3 is 2.57 bits per heavy atom. The van der Waals surface area contributed by atoms with E-state index in [4.69, 9.17) is 14.5 Å². The van der Waals surface area contributed by atoms with Crippen LogP contribution in [0.3, 0.4) is 0 Å². The number of nitrogens with one attached hydrogen (secondary N) is 1. The maximum absolute atomic E-state index is 12.6.